The van der Waals surface area contributed by atoms with Gasteiger partial charge in [0.15, 0.2) is 11.5 Å². The zero-order valence-electron chi connectivity index (χ0n) is 9.10. The number of hydrogen-bond donors (Lipinski definition) is 1. The molecule has 0 spiro atoms. The van der Waals surface area contributed by atoms with Crippen molar-refractivity contribution in [1.29, 1.82) is 0 Å². The van der Waals surface area contributed by atoms with Gasteiger partial charge in [0.2, 0.25) is 18.4 Å². The quantitative estimate of drug-likeness (QED) is 0.851. The maximum atomic E-state index is 5.68. The number of benzene rings is 1. The van der Waals surface area contributed by atoms with Gasteiger partial charge in [0.25, 0.3) is 0 Å². The van der Waals surface area contributed by atoms with E-state index in [0.29, 0.717) is 22.8 Å². The van der Waals surface area contributed by atoms with Crippen molar-refractivity contribution in [2.45, 2.75) is 0 Å². The van der Waals surface area contributed by atoms with E-state index in [9.17, 15) is 0 Å². The zero-order valence-corrected chi connectivity index (χ0v) is 9.10. The van der Waals surface area contributed by atoms with Crippen LogP contribution in [0.3, 0.4) is 0 Å². The van der Waals surface area contributed by atoms with Gasteiger partial charge in [-0.15, -0.1) is 0 Å². The van der Waals surface area contributed by atoms with Gasteiger partial charge in [0, 0.05) is 5.56 Å². The summed E-state index contributed by atoms with van der Waals surface area (Å²) in [6.07, 6.45) is 1.54. The number of nitrogens with zero attached hydrogens (tertiary/aromatic N) is 1. The van der Waals surface area contributed by atoms with E-state index < -0.39 is 0 Å². The summed E-state index contributed by atoms with van der Waals surface area (Å²) in [5, 5.41) is 3.64. The highest BCUT2D eigenvalue weighted by Crippen LogP contribution is 2.47. The van der Waals surface area contributed by atoms with Gasteiger partial charge >= 0.3 is 0 Å². The Morgan fingerprint density at radius 1 is 1.29 bits per heavy atom. The Hall–Kier alpha value is -2.37. The number of ether oxygens (including phenoxy) is 3. The Balaban J connectivity index is 2.21. The van der Waals surface area contributed by atoms with Crippen LogP contribution in [-0.4, -0.2) is 19.1 Å². The minimum absolute atomic E-state index is 0.189. The highest BCUT2D eigenvalue weighted by molar-refractivity contribution is 5.81. The van der Waals surface area contributed by atoms with E-state index in [2.05, 4.69) is 5.16 Å². The Morgan fingerprint density at radius 3 is 2.88 bits per heavy atom. The topological polar surface area (TPSA) is 79.7 Å². The molecule has 0 radical (unpaired) electrons. The molecule has 0 unspecified atom stereocenters. The van der Waals surface area contributed by atoms with E-state index in [4.69, 9.17) is 24.5 Å². The molecule has 1 aliphatic heterocycles. The SMILES string of the molecule is COc1c(-c2cnoc2N)ccc2c1OCO2. The third-order valence-electron chi connectivity index (χ3n) is 2.59. The molecule has 0 atom stereocenters. The third-order valence-corrected chi connectivity index (χ3v) is 2.59. The molecule has 3 rings (SSSR count). The molecule has 88 valence electrons. The second-order valence-corrected chi connectivity index (χ2v) is 3.48. The predicted molar refractivity (Wildman–Crippen MR) is 59.0 cm³/mol. The van der Waals surface area contributed by atoms with Crippen LogP contribution in [0.4, 0.5) is 5.88 Å². The number of nitrogen functional groups attached to an aromatic ring is 1. The number of hydrogen-bond acceptors (Lipinski definition) is 6. The van der Waals surface area contributed by atoms with Gasteiger partial charge in [-0.3, -0.25) is 0 Å². The average Bonchev–Trinajstić information content (AvgIpc) is 2.95. The van der Waals surface area contributed by atoms with Crippen LogP contribution in [0.5, 0.6) is 17.2 Å². The molecule has 1 aromatic heterocycles. The maximum Gasteiger partial charge on any atom is 0.231 e. The Kier molecular flexibility index (Phi) is 2.07. The second-order valence-electron chi connectivity index (χ2n) is 3.48. The number of nitrogens with two attached hydrogens (primary N) is 1. The van der Waals surface area contributed by atoms with Gasteiger partial charge < -0.3 is 24.5 Å². The van der Waals surface area contributed by atoms with Crippen LogP contribution in [0.15, 0.2) is 22.9 Å². The van der Waals surface area contributed by atoms with Crippen molar-refractivity contribution >= 4 is 5.88 Å². The summed E-state index contributed by atoms with van der Waals surface area (Å²) in [7, 11) is 1.56. The highest BCUT2D eigenvalue weighted by Gasteiger charge is 2.24. The third kappa shape index (κ3) is 1.37. The summed E-state index contributed by atoms with van der Waals surface area (Å²) in [6, 6.07) is 3.63. The van der Waals surface area contributed by atoms with Gasteiger partial charge in [-0.1, -0.05) is 5.16 Å². The first-order chi connectivity index (χ1) is 8.31. The first kappa shape index (κ1) is 9.83. The summed E-state index contributed by atoms with van der Waals surface area (Å²) >= 11 is 0. The monoisotopic (exact) mass is 234 g/mol. The molecule has 6 heteroatoms. The molecule has 2 heterocycles. The van der Waals surface area contributed by atoms with Gasteiger partial charge in [-0.25, -0.2) is 0 Å². The predicted octanol–water partition coefficient (Wildman–Crippen LogP) is 1.66. The number of methoxy groups -OCH3 is 1. The van der Waals surface area contributed by atoms with E-state index in [-0.39, 0.29) is 12.7 Å². The van der Waals surface area contributed by atoms with Crippen molar-refractivity contribution in [2.75, 3.05) is 19.6 Å². The van der Waals surface area contributed by atoms with E-state index in [1.54, 1.807) is 13.2 Å². The zero-order chi connectivity index (χ0) is 11.8. The smallest absolute Gasteiger partial charge is 0.231 e. The van der Waals surface area contributed by atoms with Crippen molar-refractivity contribution < 1.29 is 18.7 Å². The fourth-order valence-electron chi connectivity index (χ4n) is 1.81. The van der Waals surface area contributed by atoms with Crippen molar-refractivity contribution in [3.63, 3.8) is 0 Å². The molecule has 0 aliphatic carbocycles. The van der Waals surface area contributed by atoms with E-state index >= 15 is 0 Å². The van der Waals surface area contributed by atoms with E-state index in [1.165, 1.54) is 6.20 Å². The lowest BCUT2D eigenvalue weighted by Gasteiger charge is -2.09. The lowest BCUT2D eigenvalue weighted by Crippen LogP contribution is -1.95. The fraction of sp³-hybridized carbons (Fsp3) is 0.182. The van der Waals surface area contributed by atoms with Crippen LogP contribution in [0, 0.1) is 0 Å². The summed E-state index contributed by atoms with van der Waals surface area (Å²) in [5.74, 6) is 2.03. The Bertz CT molecular complexity index is 565. The summed E-state index contributed by atoms with van der Waals surface area (Å²) < 4.78 is 20.8. The maximum absolute atomic E-state index is 5.68. The minimum atomic E-state index is 0.189. The van der Waals surface area contributed by atoms with Gasteiger partial charge in [0.1, 0.15) is 0 Å². The first-order valence-electron chi connectivity index (χ1n) is 4.98. The normalized spacial score (nSPS) is 12.8. The highest BCUT2D eigenvalue weighted by atomic mass is 16.7. The van der Waals surface area contributed by atoms with Gasteiger partial charge in [-0.05, 0) is 12.1 Å². The Labute approximate surface area is 96.9 Å². The number of anilines is 1. The molecule has 0 saturated heterocycles. The summed E-state index contributed by atoms with van der Waals surface area (Å²) in [5.41, 5.74) is 7.11. The largest absolute Gasteiger partial charge is 0.492 e. The van der Waals surface area contributed by atoms with E-state index in [0.717, 1.165) is 5.56 Å². The van der Waals surface area contributed by atoms with Crippen LogP contribution in [0.2, 0.25) is 0 Å². The summed E-state index contributed by atoms with van der Waals surface area (Å²) in [6.45, 7) is 0.189. The molecule has 0 fully saturated rings. The van der Waals surface area contributed by atoms with Crippen molar-refractivity contribution in [3.05, 3.63) is 18.3 Å². The molecule has 1 aromatic carbocycles. The van der Waals surface area contributed by atoms with E-state index in [1.807, 2.05) is 6.07 Å². The van der Waals surface area contributed by atoms with Gasteiger partial charge in [-0.2, -0.15) is 0 Å². The second kappa shape index (κ2) is 3.58. The lowest BCUT2D eigenvalue weighted by atomic mass is 10.1. The Morgan fingerprint density at radius 2 is 2.18 bits per heavy atom. The molecule has 1 aliphatic rings. The van der Waals surface area contributed by atoms with Crippen LogP contribution in [0.25, 0.3) is 11.1 Å². The van der Waals surface area contributed by atoms with Crippen LogP contribution in [0.1, 0.15) is 0 Å². The van der Waals surface area contributed by atoms with Crippen LogP contribution in [-0.2, 0) is 0 Å². The molecular weight excluding hydrogens is 224 g/mol. The standard InChI is InChI=1S/C11H10N2O4/c1-14-9-6(7-4-13-17-11(7)12)2-3-8-10(9)16-5-15-8/h2-4H,5,12H2,1H3. The van der Waals surface area contributed by atoms with Gasteiger partial charge in [0.05, 0.1) is 18.9 Å². The average molecular weight is 234 g/mol. The molecule has 0 bridgehead atoms. The molecule has 17 heavy (non-hydrogen) atoms. The van der Waals surface area contributed by atoms with Crippen molar-refractivity contribution in [2.24, 2.45) is 0 Å². The molecule has 2 N–H and O–H groups in total. The molecule has 0 amide bonds. The van der Waals surface area contributed by atoms with Crippen molar-refractivity contribution in [1.82, 2.24) is 5.16 Å². The molecular formula is C11H10N2O4. The minimum Gasteiger partial charge on any atom is -0.492 e. The lowest BCUT2D eigenvalue weighted by molar-refractivity contribution is 0.171. The van der Waals surface area contributed by atoms with Crippen LogP contribution < -0.4 is 19.9 Å². The fourth-order valence-corrected chi connectivity index (χ4v) is 1.81. The summed E-state index contributed by atoms with van der Waals surface area (Å²) in [4.78, 5) is 0. The molecule has 0 saturated carbocycles. The number of aromatic nitrogens is 1. The van der Waals surface area contributed by atoms with Crippen LogP contribution >= 0.6 is 0 Å². The van der Waals surface area contributed by atoms with Crippen molar-refractivity contribution in [3.8, 4) is 28.4 Å². The number of fused-ring (bicyclic) bond motifs is 1. The number of rotatable bonds is 2. The molecule has 6 nitrogen and oxygen atoms in total. The first-order valence-corrected chi connectivity index (χ1v) is 4.98. The molecule has 2 aromatic rings.